The molecule has 1 aromatic heterocycles. The summed E-state index contributed by atoms with van der Waals surface area (Å²) in [6.07, 6.45) is 2.18. The molecule has 2 rings (SSSR count). The minimum atomic E-state index is -0.677. The first-order chi connectivity index (χ1) is 7.13. The number of aryl methyl sites for hydroxylation is 2. The Kier molecular flexibility index (Phi) is 2.50. The number of fused-ring (bicyclic) bond motifs is 1. The van der Waals surface area contributed by atoms with Gasteiger partial charge in [-0.2, -0.15) is 5.10 Å². The maximum Gasteiger partial charge on any atom is 0.306 e. The van der Waals surface area contributed by atoms with E-state index in [0.29, 0.717) is 6.42 Å². The lowest BCUT2D eigenvalue weighted by molar-refractivity contribution is -0.142. The Morgan fingerprint density at radius 1 is 1.67 bits per heavy atom. The number of aliphatic carboxylic acids is 1. The van der Waals surface area contributed by atoms with Crippen LogP contribution in [0.25, 0.3) is 0 Å². The first-order valence-corrected chi connectivity index (χ1v) is 5.41. The van der Waals surface area contributed by atoms with Crippen molar-refractivity contribution in [3.8, 4) is 0 Å². The number of carboxylic acids is 1. The number of aromatic nitrogens is 2. The van der Waals surface area contributed by atoms with E-state index in [1.807, 2.05) is 11.6 Å². The molecular weight excluding hydrogens is 192 g/mol. The summed E-state index contributed by atoms with van der Waals surface area (Å²) < 4.78 is 1.97. The van der Waals surface area contributed by atoms with E-state index >= 15 is 0 Å². The minimum absolute atomic E-state index is 0.217. The normalized spacial score (nSPS) is 20.0. The predicted molar refractivity (Wildman–Crippen MR) is 55.8 cm³/mol. The maximum atomic E-state index is 10.9. The summed E-state index contributed by atoms with van der Waals surface area (Å²) in [5, 5.41) is 13.5. The van der Waals surface area contributed by atoms with Gasteiger partial charge < -0.3 is 5.11 Å². The largest absolute Gasteiger partial charge is 0.481 e. The maximum absolute atomic E-state index is 10.9. The third-order valence-electron chi connectivity index (χ3n) is 3.24. The molecule has 0 aliphatic heterocycles. The third kappa shape index (κ3) is 1.64. The molecule has 0 saturated carbocycles. The zero-order valence-corrected chi connectivity index (χ0v) is 9.16. The van der Waals surface area contributed by atoms with Crippen molar-refractivity contribution in [2.75, 3.05) is 0 Å². The summed E-state index contributed by atoms with van der Waals surface area (Å²) in [6, 6.07) is 0. The van der Waals surface area contributed by atoms with E-state index in [4.69, 9.17) is 5.11 Å². The van der Waals surface area contributed by atoms with Gasteiger partial charge >= 0.3 is 5.97 Å². The van der Waals surface area contributed by atoms with Gasteiger partial charge in [0.1, 0.15) is 0 Å². The van der Waals surface area contributed by atoms with Crippen molar-refractivity contribution >= 4 is 5.97 Å². The zero-order chi connectivity index (χ0) is 11.0. The third-order valence-corrected chi connectivity index (χ3v) is 3.24. The van der Waals surface area contributed by atoms with Crippen molar-refractivity contribution in [3.05, 3.63) is 17.0 Å². The van der Waals surface area contributed by atoms with Gasteiger partial charge in [-0.3, -0.25) is 9.48 Å². The van der Waals surface area contributed by atoms with Crippen molar-refractivity contribution in [1.29, 1.82) is 0 Å². The van der Waals surface area contributed by atoms with E-state index < -0.39 is 5.97 Å². The lowest BCUT2D eigenvalue weighted by atomic mass is 9.87. The second kappa shape index (κ2) is 3.68. The Morgan fingerprint density at radius 3 is 3.00 bits per heavy atom. The fourth-order valence-corrected chi connectivity index (χ4v) is 2.29. The van der Waals surface area contributed by atoms with Gasteiger partial charge in [-0.1, -0.05) is 0 Å². The summed E-state index contributed by atoms with van der Waals surface area (Å²) in [6.45, 7) is 4.94. The van der Waals surface area contributed by atoms with Gasteiger partial charge in [0, 0.05) is 12.2 Å². The molecule has 0 radical (unpaired) electrons. The molecule has 15 heavy (non-hydrogen) atoms. The average Bonchev–Trinajstić information content (AvgIpc) is 2.55. The number of hydrogen-bond donors (Lipinski definition) is 1. The van der Waals surface area contributed by atoms with Gasteiger partial charge in [-0.15, -0.1) is 0 Å². The van der Waals surface area contributed by atoms with Gasteiger partial charge in [0.2, 0.25) is 0 Å². The number of hydrogen-bond acceptors (Lipinski definition) is 2. The lowest BCUT2D eigenvalue weighted by Crippen LogP contribution is -2.22. The Bertz CT molecular complexity index is 396. The molecule has 4 heteroatoms. The summed E-state index contributed by atoms with van der Waals surface area (Å²) >= 11 is 0. The van der Waals surface area contributed by atoms with Crippen LogP contribution in [0.5, 0.6) is 0 Å². The molecular formula is C11H16N2O2. The van der Waals surface area contributed by atoms with Gasteiger partial charge in [-0.05, 0) is 38.7 Å². The molecule has 0 saturated heterocycles. The monoisotopic (exact) mass is 208 g/mol. The molecule has 0 aromatic carbocycles. The molecule has 4 nitrogen and oxygen atoms in total. The van der Waals surface area contributed by atoms with Crippen LogP contribution in [0, 0.1) is 12.8 Å². The summed E-state index contributed by atoms with van der Waals surface area (Å²) in [4.78, 5) is 10.9. The topological polar surface area (TPSA) is 55.1 Å². The molecule has 1 aliphatic rings. The number of nitrogens with zero attached hydrogens (tertiary/aromatic N) is 2. The smallest absolute Gasteiger partial charge is 0.306 e. The molecule has 1 aromatic rings. The van der Waals surface area contributed by atoms with Gasteiger partial charge in [0.15, 0.2) is 0 Å². The van der Waals surface area contributed by atoms with Crippen LogP contribution in [0.3, 0.4) is 0 Å². The Labute approximate surface area is 88.9 Å². The summed E-state index contributed by atoms with van der Waals surface area (Å²) in [7, 11) is 0. The van der Waals surface area contributed by atoms with Crippen molar-refractivity contribution in [3.63, 3.8) is 0 Å². The molecule has 1 aliphatic carbocycles. The number of rotatable bonds is 2. The van der Waals surface area contributed by atoms with Crippen LogP contribution in [0.1, 0.15) is 30.3 Å². The van der Waals surface area contributed by atoms with Crippen LogP contribution < -0.4 is 0 Å². The highest BCUT2D eigenvalue weighted by atomic mass is 16.4. The summed E-state index contributed by atoms with van der Waals surface area (Å²) in [5.74, 6) is -0.894. The average molecular weight is 208 g/mol. The van der Waals surface area contributed by atoms with Gasteiger partial charge in [-0.25, -0.2) is 0 Å². The Hall–Kier alpha value is -1.32. The van der Waals surface area contributed by atoms with Crippen molar-refractivity contribution in [2.45, 2.75) is 39.7 Å². The molecule has 0 amide bonds. The van der Waals surface area contributed by atoms with E-state index in [1.165, 1.54) is 0 Å². The standard InChI is InChI=1S/C11H16N2O2/c1-3-13-7(2)9-6-8(11(14)15)4-5-10(9)12-13/h8H,3-6H2,1-2H3,(H,14,15). The quantitative estimate of drug-likeness (QED) is 0.799. The van der Waals surface area contributed by atoms with E-state index in [9.17, 15) is 4.79 Å². The molecule has 1 unspecified atom stereocenters. The fraction of sp³-hybridized carbons (Fsp3) is 0.636. The minimum Gasteiger partial charge on any atom is -0.481 e. The van der Waals surface area contributed by atoms with Crippen LogP contribution in [-0.2, 0) is 24.2 Å². The molecule has 0 fully saturated rings. The van der Waals surface area contributed by atoms with Crippen LogP contribution in [0.2, 0.25) is 0 Å². The van der Waals surface area contributed by atoms with Crippen molar-refractivity contribution < 1.29 is 9.90 Å². The SMILES string of the molecule is CCn1nc2c(c1C)CC(C(=O)O)CC2. The Balaban J connectivity index is 2.32. The molecule has 0 bridgehead atoms. The zero-order valence-electron chi connectivity index (χ0n) is 9.16. The second-order valence-corrected chi connectivity index (χ2v) is 4.10. The molecule has 1 N–H and O–H groups in total. The van der Waals surface area contributed by atoms with Gasteiger partial charge in [0.05, 0.1) is 11.6 Å². The van der Waals surface area contributed by atoms with E-state index in [2.05, 4.69) is 12.0 Å². The van der Waals surface area contributed by atoms with Crippen LogP contribution in [0.15, 0.2) is 0 Å². The summed E-state index contributed by atoms with van der Waals surface area (Å²) in [5.41, 5.74) is 3.40. The van der Waals surface area contributed by atoms with Crippen LogP contribution >= 0.6 is 0 Å². The van der Waals surface area contributed by atoms with Crippen molar-refractivity contribution in [2.24, 2.45) is 5.92 Å². The molecule has 0 spiro atoms. The molecule has 1 atom stereocenters. The highest BCUT2D eigenvalue weighted by molar-refractivity contribution is 5.71. The lowest BCUT2D eigenvalue weighted by Gasteiger charge is -2.17. The molecule has 1 heterocycles. The molecule has 82 valence electrons. The van der Waals surface area contributed by atoms with E-state index in [0.717, 1.165) is 36.3 Å². The van der Waals surface area contributed by atoms with E-state index in [-0.39, 0.29) is 5.92 Å². The highest BCUT2D eigenvalue weighted by Crippen LogP contribution is 2.27. The number of carboxylic acid groups (broad SMARTS) is 1. The van der Waals surface area contributed by atoms with Crippen LogP contribution in [-0.4, -0.2) is 20.9 Å². The highest BCUT2D eigenvalue weighted by Gasteiger charge is 2.28. The number of carbonyl (C=O) groups is 1. The first kappa shape index (κ1) is 10.2. The fourth-order valence-electron chi connectivity index (χ4n) is 2.29. The van der Waals surface area contributed by atoms with Gasteiger partial charge in [0.25, 0.3) is 0 Å². The van der Waals surface area contributed by atoms with E-state index in [1.54, 1.807) is 0 Å². The van der Waals surface area contributed by atoms with Crippen LogP contribution in [0.4, 0.5) is 0 Å². The predicted octanol–water partition coefficient (Wildman–Crippen LogP) is 1.40. The second-order valence-electron chi connectivity index (χ2n) is 4.10. The van der Waals surface area contributed by atoms with Crippen molar-refractivity contribution in [1.82, 2.24) is 9.78 Å². The first-order valence-electron chi connectivity index (χ1n) is 5.41. The Morgan fingerprint density at radius 2 is 2.40 bits per heavy atom.